The largest absolute Gasteiger partial charge is 0.453 e. The van der Waals surface area contributed by atoms with Gasteiger partial charge in [0.15, 0.2) is 5.78 Å². The predicted molar refractivity (Wildman–Crippen MR) is 133 cm³/mol. The third-order valence-corrected chi connectivity index (χ3v) is 6.55. The number of halogens is 3. The van der Waals surface area contributed by atoms with Gasteiger partial charge in [0.25, 0.3) is 5.91 Å². The van der Waals surface area contributed by atoms with Gasteiger partial charge in [-0.15, -0.1) is 0 Å². The monoisotopic (exact) mass is 559 g/mol. The molecule has 172 valence electrons. The lowest BCUT2D eigenvalue weighted by Gasteiger charge is -2.23. The minimum Gasteiger partial charge on any atom is -0.453 e. The van der Waals surface area contributed by atoms with Crippen molar-refractivity contribution in [3.8, 4) is 0 Å². The standard InChI is InChI=1S/C24H16BrCl2N3O4/c25-13-6-8-14(9-7-13)29-23(32)20(30-28)19(21(31)12-5-10-17(26)18(27)11-12)22-15-3-1-2-4-16(15)24(33)34-22/h1-11,19,22H,28H2,(H,29,32)/b30-20+/t19-,22-/m0/s1. The van der Waals surface area contributed by atoms with Crippen LogP contribution in [0.5, 0.6) is 0 Å². The van der Waals surface area contributed by atoms with Crippen molar-refractivity contribution < 1.29 is 19.1 Å². The lowest BCUT2D eigenvalue weighted by molar-refractivity contribution is -0.110. The number of cyclic esters (lactones) is 1. The Bertz CT molecular complexity index is 1330. The van der Waals surface area contributed by atoms with E-state index in [1.54, 1.807) is 48.5 Å². The van der Waals surface area contributed by atoms with E-state index >= 15 is 0 Å². The van der Waals surface area contributed by atoms with Crippen LogP contribution in [0, 0.1) is 5.92 Å². The molecule has 0 bridgehead atoms. The second-order valence-corrected chi connectivity index (χ2v) is 9.09. The number of rotatable bonds is 6. The summed E-state index contributed by atoms with van der Waals surface area (Å²) in [7, 11) is 0. The Morgan fingerprint density at radius 3 is 2.41 bits per heavy atom. The summed E-state index contributed by atoms with van der Waals surface area (Å²) in [5.74, 6) is 2.38. The van der Waals surface area contributed by atoms with Gasteiger partial charge in [-0.3, -0.25) is 9.59 Å². The number of fused-ring (bicyclic) bond motifs is 1. The van der Waals surface area contributed by atoms with E-state index in [1.807, 2.05) is 0 Å². The van der Waals surface area contributed by atoms with Gasteiger partial charge in [-0.1, -0.05) is 57.3 Å². The fraction of sp³-hybridized carbons (Fsp3) is 0.0833. The molecule has 0 spiro atoms. The number of ketones is 1. The topological polar surface area (TPSA) is 111 Å². The molecule has 3 aromatic rings. The molecule has 1 aliphatic heterocycles. The zero-order valence-electron chi connectivity index (χ0n) is 17.3. The molecular weight excluding hydrogens is 545 g/mol. The molecule has 3 N–H and O–H groups in total. The molecule has 2 atom stereocenters. The fourth-order valence-electron chi connectivity index (χ4n) is 3.66. The minimum absolute atomic E-state index is 0.150. The number of carbonyl (C=O) groups excluding carboxylic acids is 3. The maximum absolute atomic E-state index is 13.7. The fourth-order valence-corrected chi connectivity index (χ4v) is 4.23. The van der Waals surface area contributed by atoms with Crippen molar-refractivity contribution in [3.05, 3.63) is 97.9 Å². The van der Waals surface area contributed by atoms with E-state index in [9.17, 15) is 14.4 Å². The van der Waals surface area contributed by atoms with Gasteiger partial charge in [0.1, 0.15) is 17.7 Å². The number of Topliss-reactive ketones (excluding diaryl/α,β-unsaturated/α-hetero) is 1. The van der Waals surface area contributed by atoms with Gasteiger partial charge >= 0.3 is 5.97 Å². The molecule has 1 aliphatic rings. The summed E-state index contributed by atoms with van der Waals surface area (Å²) in [6, 6.07) is 17.7. The molecule has 7 nitrogen and oxygen atoms in total. The highest BCUT2D eigenvalue weighted by atomic mass is 79.9. The maximum Gasteiger partial charge on any atom is 0.339 e. The second-order valence-electron chi connectivity index (χ2n) is 7.36. The quantitative estimate of drug-likeness (QED) is 0.137. The van der Waals surface area contributed by atoms with Crippen molar-refractivity contribution in [2.45, 2.75) is 6.10 Å². The maximum atomic E-state index is 13.7. The summed E-state index contributed by atoms with van der Waals surface area (Å²) < 4.78 is 6.37. The van der Waals surface area contributed by atoms with Gasteiger partial charge in [0.05, 0.1) is 15.6 Å². The zero-order chi connectivity index (χ0) is 24.4. The number of amides is 1. The number of ether oxygens (including phenoxy) is 1. The first-order valence-corrected chi connectivity index (χ1v) is 11.5. The van der Waals surface area contributed by atoms with E-state index in [0.29, 0.717) is 16.8 Å². The highest BCUT2D eigenvalue weighted by Crippen LogP contribution is 2.39. The Morgan fingerprint density at radius 2 is 1.74 bits per heavy atom. The van der Waals surface area contributed by atoms with Crippen LogP contribution in [0.15, 0.2) is 76.3 Å². The molecule has 0 aliphatic carbocycles. The Labute approximate surface area is 213 Å². The number of hydrogen-bond donors (Lipinski definition) is 2. The summed E-state index contributed by atoms with van der Waals surface area (Å²) >= 11 is 15.4. The van der Waals surface area contributed by atoms with E-state index in [-0.39, 0.29) is 21.3 Å². The van der Waals surface area contributed by atoms with E-state index < -0.39 is 29.7 Å². The molecule has 0 saturated carbocycles. The molecule has 4 rings (SSSR count). The van der Waals surface area contributed by atoms with Gasteiger partial charge in [-0.05, 0) is 48.5 Å². The molecule has 1 amide bonds. The van der Waals surface area contributed by atoms with Crippen molar-refractivity contribution >= 4 is 68.2 Å². The smallest absolute Gasteiger partial charge is 0.339 e. The average Bonchev–Trinajstić information content (AvgIpc) is 3.16. The summed E-state index contributed by atoms with van der Waals surface area (Å²) in [6.45, 7) is 0. The van der Waals surface area contributed by atoms with Crippen LogP contribution in [0.4, 0.5) is 5.69 Å². The van der Waals surface area contributed by atoms with Crippen LogP contribution in [0.25, 0.3) is 0 Å². The predicted octanol–water partition coefficient (Wildman–Crippen LogP) is 5.42. The van der Waals surface area contributed by atoms with Crippen LogP contribution in [0.1, 0.15) is 32.4 Å². The van der Waals surface area contributed by atoms with Crippen molar-refractivity contribution in [1.29, 1.82) is 0 Å². The van der Waals surface area contributed by atoms with Crippen LogP contribution in [-0.4, -0.2) is 23.4 Å². The lowest BCUT2D eigenvalue weighted by atomic mass is 9.84. The molecule has 3 aromatic carbocycles. The van der Waals surface area contributed by atoms with Gasteiger partial charge in [0.2, 0.25) is 0 Å². The molecule has 1 heterocycles. The Balaban J connectivity index is 1.77. The first-order chi connectivity index (χ1) is 16.3. The normalized spacial score (nSPS) is 15.9. The van der Waals surface area contributed by atoms with Gasteiger partial charge in [-0.25, -0.2) is 4.79 Å². The van der Waals surface area contributed by atoms with Crippen molar-refractivity contribution in [1.82, 2.24) is 0 Å². The van der Waals surface area contributed by atoms with E-state index in [1.165, 1.54) is 18.2 Å². The summed E-state index contributed by atoms with van der Waals surface area (Å²) in [4.78, 5) is 39.4. The van der Waals surface area contributed by atoms with Crippen LogP contribution in [-0.2, 0) is 9.53 Å². The first kappa shape index (κ1) is 23.9. The number of nitrogens with one attached hydrogen (secondary N) is 1. The number of carbonyl (C=O) groups is 3. The Kier molecular flexibility index (Phi) is 7.02. The van der Waals surface area contributed by atoms with Crippen molar-refractivity contribution in [2.75, 3.05) is 5.32 Å². The minimum atomic E-state index is -1.34. The molecule has 0 fully saturated rings. The van der Waals surface area contributed by atoms with Gasteiger partial charge in [0, 0.05) is 21.3 Å². The van der Waals surface area contributed by atoms with Gasteiger partial charge < -0.3 is 15.9 Å². The molecule has 34 heavy (non-hydrogen) atoms. The Hall–Kier alpha value is -3.20. The highest BCUT2D eigenvalue weighted by Gasteiger charge is 2.45. The number of hydrazone groups is 1. The summed E-state index contributed by atoms with van der Waals surface area (Å²) in [5, 5.41) is 6.74. The number of nitrogens with two attached hydrogens (primary N) is 1. The van der Waals surface area contributed by atoms with E-state index in [0.717, 1.165) is 4.47 Å². The number of anilines is 1. The van der Waals surface area contributed by atoms with Crippen molar-refractivity contribution in [3.63, 3.8) is 0 Å². The highest BCUT2D eigenvalue weighted by molar-refractivity contribution is 9.10. The van der Waals surface area contributed by atoms with E-state index in [2.05, 4.69) is 26.3 Å². The second kappa shape index (κ2) is 9.97. The summed E-state index contributed by atoms with van der Waals surface area (Å²) in [5.41, 5.74) is 1.04. The first-order valence-electron chi connectivity index (χ1n) is 9.94. The lowest BCUT2D eigenvalue weighted by Crippen LogP contribution is -2.39. The van der Waals surface area contributed by atoms with Crippen LogP contribution in [0.3, 0.4) is 0 Å². The number of esters is 1. The molecule has 0 aromatic heterocycles. The number of nitrogens with zero attached hydrogens (tertiary/aromatic N) is 1. The third-order valence-electron chi connectivity index (χ3n) is 5.28. The number of hydrogen-bond acceptors (Lipinski definition) is 6. The van der Waals surface area contributed by atoms with Crippen LogP contribution in [0.2, 0.25) is 10.0 Å². The van der Waals surface area contributed by atoms with Crippen LogP contribution < -0.4 is 11.2 Å². The van der Waals surface area contributed by atoms with Gasteiger partial charge in [-0.2, -0.15) is 5.10 Å². The van der Waals surface area contributed by atoms with Crippen molar-refractivity contribution in [2.24, 2.45) is 16.9 Å². The molecule has 0 unspecified atom stereocenters. The van der Waals surface area contributed by atoms with Crippen LogP contribution >= 0.6 is 39.1 Å². The molecule has 0 saturated heterocycles. The molecular formula is C24H16BrCl2N3O4. The third kappa shape index (κ3) is 4.70. The average molecular weight is 561 g/mol. The Morgan fingerprint density at radius 1 is 1.03 bits per heavy atom. The molecule has 10 heteroatoms. The number of benzene rings is 3. The SMILES string of the molecule is N/N=C(/C(=O)Nc1ccc(Br)cc1)[C@@H](C(=O)c1ccc(Cl)c(Cl)c1)[C@H]1OC(=O)c2ccccc21. The van der Waals surface area contributed by atoms with E-state index in [4.69, 9.17) is 33.8 Å². The molecule has 0 radical (unpaired) electrons. The zero-order valence-corrected chi connectivity index (χ0v) is 20.4. The summed E-state index contributed by atoms with van der Waals surface area (Å²) in [6.07, 6.45) is -1.12.